The lowest BCUT2D eigenvalue weighted by Gasteiger charge is -2.31. The SMILES string of the molecule is CC(=O)N1CCC[C@H]1C(=O)N[C@@H](CC(C)C)C(=O)NCC(=O)N[C@@H](CCc1ccccc1)C(=O)N[C@@H](Cc1ccc(OCC[Si](C)(C)C)cc1)C(=O)N[C@@H](CC(C)C)C(=O)Nc1cc(C)cc(C)c1C(C)(C)CCO. The molecule has 0 saturated carbocycles. The van der Waals surface area contributed by atoms with Crippen molar-refractivity contribution in [2.45, 2.75) is 175 Å². The van der Waals surface area contributed by atoms with Crippen molar-refractivity contribution in [3.8, 4) is 5.75 Å². The minimum absolute atomic E-state index is 0.000261. The molecule has 75 heavy (non-hydrogen) atoms. The number of nitrogens with zero attached hydrogens (tertiary/aromatic N) is 1. The first-order valence-corrected chi connectivity index (χ1v) is 30.5. The summed E-state index contributed by atoms with van der Waals surface area (Å²) in [6, 6.07) is 16.6. The van der Waals surface area contributed by atoms with Gasteiger partial charge in [0.15, 0.2) is 0 Å². The van der Waals surface area contributed by atoms with E-state index in [1.165, 1.54) is 11.8 Å². The second-order valence-corrected chi connectivity index (χ2v) is 28.7. The first kappa shape index (κ1) is 61.5. The summed E-state index contributed by atoms with van der Waals surface area (Å²) in [5.74, 6) is -2.95. The van der Waals surface area contributed by atoms with Gasteiger partial charge in [-0.2, -0.15) is 0 Å². The minimum atomic E-state index is -1.34. The van der Waals surface area contributed by atoms with E-state index in [9.17, 15) is 38.7 Å². The van der Waals surface area contributed by atoms with Crippen molar-refractivity contribution in [3.63, 3.8) is 0 Å². The molecule has 0 radical (unpaired) electrons. The van der Waals surface area contributed by atoms with Crippen LogP contribution >= 0.6 is 0 Å². The number of benzene rings is 3. The number of aliphatic hydroxyl groups is 1. The quantitative estimate of drug-likeness (QED) is 0.0386. The normalized spacial score (nSPS) is 15.3. The maximum Gasteiger partial charge on any atom is 0.246 e. The number of ether oxygens (including phenoxy) is 1. The summed E-state index contributed by atoms with van der Waals surface area (Å²) < 4.78 is 6.05. The molecule has 4 rings (SSSR count). The Morgan fingerprint density at radius 2 is 1.37 bits per heavy atom. The highest BCUT2D eigenvalue weighted by Crippen LogP contribution is 2.36. The third-order valence-electron chi connectivity index (χ3n) is 13.5. The summed E-state index contributed by atoms with van der Waals surface area (Å²) >= 11 is 0. The van der Waals surface area contributed by atoms with Gasteiger partial charge in [0.05, 0.1) is 13.2 Å². The third kappa shape index (κ3) is 20.2. The van der Waals surface area contributed by atoms with Crippen LogP contribution in [0.3, 0.4) is 0 Å². The Bertz CT molecular complexity index is 2410. The first-order chi connectivity index (χ1) is 35.3. The molecule has 1 saturated heterocycles. The number of anilines is 1. The molecule has 3 aromatic carbocycles. The minimum Gasteiger partial charge on any atom is -0.494 e. The summed E-state index contributed by atoms with van der Waals surface area (Å²) in [5, 5.41) is 27.2. The Labute approximate surface area is 447 Å². The molecule has 0 spiro atoms. The fraction of sp³-hybridized carbons (Fsp3) is 0.569. The molecule has 0 aromatic heterocycles. The fourth-order valence-corrected chi connectivity index (χ4v) is 10.3. The highest BCUT2D eigenvalue weighted by Gasteiger charge is 2.36. The molecule has 7 N–H and O–H groups in total. The number of hydrogen-bond acceptors (Lipinski definition) is 9. The molecule has 1 fully saturated rings. The highest BCUT2D eigenvalue weighted by atomic mass is 28.3. The molecule has 0 aliphatic carbocycles. The van der Waals surface area contributed by atoms with E-state index >= 15 is 0 Å². The Kier molecular flexibility index (Phi) is 23.5. The number of carbonyl (C=O) groups is 7. The van der Waals surface area contributed by atoms with Crippen LogP contribution in [0.2, 0.25) is 25.7 Å². The van der Waals surface area contributed by atoms with E-state index in [1.807, 2.05) is 122 Å². The van der Waals surface area contributed by atoms with E-state index in [2.05, 4.69) is 51.5 Å². The van der Waals surface area contributed by atoms with Gasteiger partial charge in [-0.3, -0.25) is 33.6 Å². The van der Waals surface area contributed by atoms with Crippen molar-refractivity contribution < 1.29 is 43.4 Å². The Morgan fingerprint density at radius 3 is 1.97 bits per heavy atom. The summed E-state index contributed by atoms with van der Waals surface area (Å²) in [6.45, 7) is 24.4. The van der Waals surface area contributed by atoms with Gasteiger partial charge in [0.2, 0.25) is 41.4 Å². The predicted octanol–water partition coefficient (Wildman–Crippen LogP) is 6.65. The number of carbonyl (C=O) groups excluding carboxylic acids is 7. The lowest BCUT2D eigenvalue weighted by atomic mass is 9.78. The zero-order valence-electron chi connectivity index (χ0n) is 46.7. The van der Waals surface area contributed by atoms with Gasteiger partial charge in [-0.25, -0.2) is 0 Å². The van der Waals surface area contributed by atoms with Gasteiger partial charge >= 0.3 is 0 Å². The molecule has 3 aromatic rings. The molecular weight excluding hydrogens is 967 g/mol. The van der Waals surface area contributed by atoms with Gasteiger partial charge in [-0.05, 0) is 128 Å². The second-order valence-electron chi connectivity index (χ2n) is 23.0. The van der Waals surface area contributed by atoms with Crippen LogP contribution in [0.1, 0.15) is 115 Å². The van der Waals surface area contributed by atoms with E-state index in [4.69, 9.17) is 4.74 Å². The first-order valence-electron chi connectivity index (χ1n) is 26.8. The molecule has 412 valence electrons. The topological polar surface area (TPSA) is 224 Å². The van der Waals surface area contributed by atoms with Crippen molar-refractivity contribution in [1.82, 2.24) is 31.5 Å². The van der Waals surface area contributed by atoms with Crippen LogP contribution in [-0.2, 0) is 51.8 Å². The Balaban J connectivity index is 1.62. The molecule has 5 atom stereocenters. The average Bonchev–Trinajstić information content (AvgIpc) is 3.82. The zero-order chi connectivity index (χ0) is 55.6. The number of aryl methyl sites for hydroxylation is 3. The smallest absolute Gasteiger partial charge is 0.246 e. The van der Waals surface area contributed by atoms with E-state index in [0.717, 1.165) is 28.3 Å². The van der Waals surface area contributed by atoms with Crippen LogP contribution in [0.5, 0.6) is 5.75 Å². The zero-order valence-corrected chi connectivity index (χ0v) is 47.7. The highest BCUT2D eigenvalue weighted by molar-refractivity contribution is 6.76. The van der Waals surface area contributed by atoms with E-state index < -0.39 is 85.7 Å². The van der Waals surface area contributed by atoms with Crippen molar-refractivity contribution >= 4 is 55.1 Å². The summed E-state index contributed by atoms with van der Waals surface area (Å²) in [6.07, 6.45) is 2.72. The van der Waals surface area contributed by atoms with Gasteiger partial charge in [-0.1, -0.05) is 110 Å². The number of amides is 7. The van der Waals surface area contributed by atoms with E-state index in [-0.39, 0.29) is 50.0 Å². The van der Waals surface area contributed by atoms with E-state index in [0.29, 0.717) is 55.8 Å². The molecule has 7 amide bonds. The van der Waals surface area contributed by atoms with Crippen molar-refractivity contribution in [3.05, 3.63) is 94.5 Å². The molecule has 16 nitrogen and oxygen atoms in total. The van der Waals surface area contributed by atoms with Crippen molar-refractivity contribution in [1.29, 1.82) is 0 Å². The maximum absolute atomic E-state index is 14.8. The van der Waals surface area contributed by atoms with Gasteiger partial charge in [-0.15, -0.1) is 0 Å². The van der Waals surface area contributed by atoms with Gasteiger partial charge in [0.1, 0.15) is 36.0 Å². The van der Waals surface area contributed by atoms with Crippen LogP contribution in [0.25, 0.3) is 0 Å². The molecule has 1 aliphatic rings. The van der Waals surface area contributed by atoms with Crippen molar-refractivity contribution in [2.24, 2.45) is 11.8 Å². The molecule has 1 aliphatic heterocycles. The van der Waals surface area contributed by atoms with Gasteiger partial charge < -0.3 is 46.6 Å². The molecular formula is C58H87N7O9Si. The molecule has 0 bridgehead atoms. The Morgan fingerprint density at radius 1 is 0.760 bits per heavy atom. The van der Waals surface area contributed by atoms with Crippen LogP contribution in [0.4, 0.5) is 5.69 Å². The van der Waals surface area contributed by atoms with Crippen LogP contribution in [0, 0.1) is 25.7 Å². The van der Waals surface area contributed by atoms with Gasteiger partial charge in [0.25, 0.3) is 0 Å². The monoisotopic (exact) mass is 1050 g/mol. The lowest BCUT2D eigenvalue weighted by molar-refractivity contribution is -0.138. The molecule has 1 heterocycles. The number of hydrogen-bond donors (Lipinski definition) is 7. The number of aliphatic hydroxyl groups excluding tert-OH is 1. The molecule has 0 unspecified atom stereocenters. The lowest BCUT2D eigenvalue weighted by Crippen LogP contribution is -2.58. The average molecular weight is 1050 g/mol. The summed E-state index contributed by atoms with van der Waals surface area (Å²) in [5.41, 5.74) is 4.50. The second kappa shape index (κ2) is 28.7. The predicted molar refractivity (Wildman–Crippen MR) is 298 cm³/mol. The summed E-state index contributed by atoms with van der Waals surface area (Å²) in [7, 11) is -1.34. The van der Waals surface area contributed by atoms with Gasteiger partial charge in [0, 0.05) is 40.3 Å². The largest absolute Gasteiger partial charge is 0.494 e. The molecule has 17 heteroatoms. The van der Waals surface area contributed by atoms with Crippen molar-refractivity contribution in [2.75, 3.05) is 31.6 Å². The Hall–Kier alpha value is -6.07. The maximum atomic E-state index is 14.8. The standard InChI is InChI=1S/C58H87N7O9Si/c1-37(2)31-47(64-57(73)50-19-16-27-65(50)41(7)67)53(69)59-36-51(68)60-45(25-22-42-17-14-13-15-18-42)54(70)63-49(35-43-20-23-44(24-21-43)74-29-30-75(10,11)12)56(72)62-48(32-38(3)4)55(71)61-46-34-39(5)33-40(6)52(46)58(8,9)26-28-66/h13-15,17-18,20-21,23-24,33-34,37-38,45,47-50,66H,16,19,22,25-32,35-36H2,1-12H3,(H,59,69)(H,60,68)(H,61,71)(H,62,72)(H,63,70)(H,64,73)/t45-,47-,48-,49-,50-/m0/s1. The fourth-order valence-electron chi connectivity index (χ4n) is 9.63. The van der Waals surface area contributed by atoms with Crippen LogP contribution < -0.4 is 36.6 Å². The van der Waals surface area contributed by atoms with Crippen LogP contribution in [0.15, 0.2) is 66.7 Å². The number of rotatable bonds is 28. The van der Waals surface area contributed by atoms with E-state index in [1.54, 1.807) is 0 Å². The number of likely N-dealkylation sites (tertiary alicyclic amines) is 1. The van der Waals surface area contributed by atoms with Crippen LogP contribution in [-0.4, -0.2) is 116 Å². The summed E-state index contributed by atoms with van der Waals surface area (Å²) in [4.78, 5) is 98.4. The number of nitrogens with one attached hydrogen (secondary N) is 6. The third-order valence-corrected chi connectivity index (χ3v) is 15.3.